The smallest absolute Gasteiger partial charge is 0.181 e. The summed E-state index contributed by atoms with van der Waals surface area (Å²) in [6, 6.07) is 5.78. The zero-order valence-corrected chi connectivity index (χ0v) is 16.8. The van der Waals surface area contributed by atoms with Gasteiger partial charge < -0.3 is 4.55 Å². The molecular formula is C17H26O4S3. The zero-order chi connectivity index (χ0) is 18.0. The van der Waals surface area contributed by atoms with Crippen molar-refractivity contribution in [3.05, 3.63) is 29.8 Å². The zero-order valence-electron chi connectivity index (χ0n) is 14.3. The van der Waals surface area contributed by atoms with Crippen molar-refractivity contribution in [2.45, 2.75) is 38.0 Å². The summed E-state index contributed by atoms with van der Waals surface area (Å²) in [5, 5.41) is 0. The molecule has 0 atom stereocenters. The minimum Gasteiger partial charge on any atom is -0.744 e. The van der Waals surface area contributed by atoms with E-state index in [-0.39, 0.29) is 4.90 Å². The van der Waals surface area contributed by atoms with Gasteiger partial charge in [-0.2, -0.15) is 11.8 Å². The molecule has 1 saturated heterocycles. The lowest BCUT2D eigenvalue weighted by molar-refractivity contribution is -0.116. The fraction of sp³-hybridized carbons (Fsp3) is 0.588. The van der Waals surface area contributed by atoms with Crippen LogP contribution in [0.2, 0.25) is 0 Å². The summed E-state index contributed by atoms with van der Waals surface area (Å²) in [6.45, 7) is 3.97. The summed E-state index contributed by atoms with van der Waals surface area (Å²) in [5.41, 5.74) is 0.928. The monoisotopic (exact) mass is 390 g/mol. The molecule has 0 unspecified atom stereocenters. The average Bonchev–Trinajstić information content (AvgIpc) is 2.54. The minimum absolute atomic E-state index is 0.178. The molecule has 0 spiro atoms. The molecule has 24 heavy (non-hydrogen) atoms. The molecule has 0 bridgehead atoms. The Morgan fingerprint density at radius 3 is 2.29 bits per heavy atom. The lowest BCUT2D eigenvalue weighted by atomic mass is 10.2. The Morgan fingerprint density at radius 2 is 1.79 bits per heavy atom. The third-order valence-corrected chi connectivity index (χ3v) is 8.16. The Bertz CT molecular complexity index is 591. The predicted octanol–water partition coefficient (Wildman–Crippen LogP) is 3.01. The van der Waals surface area contributed by atoms with Crippen molar-refractivity contribution < 1.29 is 17.8 Å². The summed E-state index contributed by atoms with van der Waals surface area (Å²) in [4.78, 5) is 11.3. The van der Waals surface area contributed by atoms with Gasteiger partial charge >= 0.3 is 0 Å². The van der Waals surface area contributed by atoms with Crippen LogP contribution >= 0.6 is 11.8 Å². The number of aryl methyl sites for hydroxylation is 1. The standard InChI is InChI=1S/C10H19OS2.C7H8O3S/c1-2-3-4-10(11)9-13-7-5-12-6-8-13;1-6-2-4-7(5-3-6)11(8,9)10/h2-9H2,1H3;2-5H,1H3,(H,8,9,10)/q+1;/p-1. The summed E-state index contributed by atoms with van der Waals surface area (Å²) in [6.07, 6.45) is 3.06. The molecule has 1 heterocycles. The number of Topliss-reactive ketones (excluding diaryl/α,β-unsaturated/α-hetero) is 1. The van der Waals surface area contributed by atoms with Crippen LogP contribution in [0.5, 0.6) is 0 Å². The summed E-state index contributed by atoms with van der Waals surface area (Å²) < 4.78 is 31.2. The van der Waals surface area contributed by atoms with Crippen molar-refractivity contribution in [3.8, 4) is 0 Å². The van der Waals surface area contributed by atoms with Crippen LogP contribution in [0.25, 0.3) is 0 Å². The van der Waals surface area contributed by atoms with Crippen LogP contribution in [0, 0.1) is 6.92 Å². The summed E-state index contributed by atoms with van der Waals surface area (Å²) in [5.74, 6) is 6.55. The number of ketones is 1. The minimum atomic E-state index is -4.27. The predicted molar refractivity (Wildman–Crippen MR) is 103 cm³/mol. The van der Waals surface area contributed by atoms with E-state index < -0.39 is 10.1 Å². The highest BCUT2D eigenvalue weighted by Crippen LogP contribution is 2.14. The molecule has 136 valence electrons. The highest BCUT2D eigenvalue weighted by molar-refractivity contribution is 8.05. The molecule has 1 fully saturated rings. The maximum Gasteiger partial charge on any atom is 0.181 e. The van der Waals surface area contributed by atoms with Gasteiger partial charge in [-0.25, -0.2) is 8.42 Å². The van der Waals surface area contributed by atoms with Crippen molar-refractivity contribution >= 4 is 38.6 Å². The molecule has 4 nitrogen and oxygen atoms in total. The third-order valence-electron chi connectivity index (χ3n) is 3.52. The van der Waals surface area contributed by atoms with Crippen molar-refractivity contribution in [2.75, 3.05) is 28.8 Å². The fourth-order valence-corrected chi connectivity index (χ4v) is 6.68. The number of unbranched alkanes of at least 4 members (excludes halogenated alkanes) is 1. The van der Waals surface area contributed by atoms with Gasteiger partial charge in [-0.1, -0.05) is 31.0 Å². The van der Waals surface area contributed by atoms with E-state index in [1.807, 2.05) is 18.7 Å². The largest absolute Gasteiger partial charge is 0.744 e. The van der Waals surface area contributed by atoms with Crippen molar-refractivity contribution in [1.29, 1.82) is 0 Å². The van der Waals surface area contributed by atoms with Gasteiger partial charge in [0.2, 0.25) is 0 Å². The lowest BCUT2D eigenvalue weighted by Gasteiger charge is -2.12. The Morgan fingerprint density at radius 1 is 1.21 bits per heavy atom. The third kappa shape index (κ3) is 9.11. The molecule has 0 aromatic heterocycles. The Kier molecular flexibility index (Phi) is 10.0. The average molecular weight is 391 g/mol. The van der Waals surface area contributed by atoms with Gasteiger partial charge in [0.15, 0.2) is 11.5 Å². The van der Waals surface area contributed by atoms with E-state index in [4.69, 9.17) is 0 Å². The number of carbonyl (C=O) groups excluding carboxylic acids is 1. The highest BCUT2D eigenvalue weighted by atomic mass is 32.2. The molecule has 0 radical (unpaired) electrons. The number of hydrogen-bond donors (Lipinski definition) is 0. The molecule has 0 N–H and O–H groups in total. The first-order valence-corrected chi connectivity index (χ1v) is 12.4. The maximum absolute atomic E-state index is 11.5. The number of thioether (sulfide) groups is 1. The molecule has 1 aliphatic rings. The van der Waals surface area contributed by atoms with Crippen LogP contribution in [0.3, 0.4) is 0 Å². The second-order valence-electron chi connectivity index (χ2n) is 5.69. The van der Waals surface area contributed by atoms with Gasteiger partial charge in [0.05, 0.1) is 4.90 Å². The van der Waals surface area contributed by atoms with Gasteiger partial charge in [-0.15, -0.1) is 0 Å². The lowest BCUT2D eigenvalue weighted by Crippen LogP contribution is -2.27. The van der Waals surface area contributed by atoms with E-state index >= 15 is 0 Å². The molecule has 0 aliphatic carbocycles. The van der Waals surface area contributed by atoms with E-state index in [2.05, 4.69) is 6.92 Å². The molecule has 7 heteroatoms. The van der Waals surface area contributed by atoms with Crippen LogP contribution in [-0.2, 0) is 25.8 Å². The second kappa shape index (κ2) is 11.2. The van der Waals surface area contributed by atoms with E-state index in [9.17, 15) is 17.8 Å². The van der Waals surface area contributed by atoms with E-state index in [0.29, 0.717) is 16.7 Å². The molecule has 1 aromatic carbocycles. The van der Waals surface area contributed by atoms with Crippen LogP contribution in [-0.4, -0.2) is 47.5 Å². The second-order valence-corrected chi connectivity index (χ2v) is 10.6. The van der Waals surface area contributed by atoms with Gasteiger partial charge in [-0.3, -0.25) is 4.79 Å². The van der Waals surface area contributed by atoms with Gasteiger partial charge in [0, 0.05) is 17.9 Å². The fourth-order valence-electron chi connectivity index (χ4n) is 2.08. The highest BCUT2D eigenvalue weighted by Gasteiger charge is 2.24. The Balaban J connectivity index is 0.000000243. The first-order valence-electron chi connectivity index (χ1n) is 8.09. The van der Waals surface area contributed by atoms with Crippen molar-refractivity contribution in [3.63, 3.8) is 0 Å². The summed E-state index contributed by atoms with van der Waals surface area (Å²) >= 11 is 2.04. The summed E-state index contributed by atoms with van der Waals surface area (Å²) in [7, 11) is -3.82. The Labute approximate surface area is 152 Å². The van der Waals surface area contributed by atoms with E-state index in [1.54, 1.807) is 12.1 Å². The maximum atomic E-state index is 11.5. The molecular weight excluding hydrogens is 364 g/mol. The molecule has 0 amide bonds. The van der Waals surface area contributed by atoms with Crippen molar-refractivity contribution in [2.24, 2.45) is 0 Å². The topological polar surface area (TPSA) is 74.3 Å². The van der Waals surface area contributed by atoms with Crippen LogP contribution in [0.4, 0.5) is 0 Å². The number of carbonyl (C=O) groups is 1. The van der Waals surface area contributed by atoms with Crippen LogP contribution in [0.1, 0.15) is 31.7 Å². The van der Waals surface area contributed by atoms with Gasteiger partial charge in [0.1, 0.15) is 21.6 Å². The Hall–Kier alpha value is -0.500. The van der Waals surface area contributed by atoms with Gasteiger partial charge in [-0.05, 0) is 36.4 Å². The van der Waals surface area contributed by atoms with Gasteiger partial charge in [0.25, 0.3) is 0 Å². The molecule has 1 aliphatic heterocycles. The van der Waals surface area contributed by atoms with E-state index in [1.165, 1.54) is 35.1 Å². The number of benzene rings is 1. The first-order chi connectivity index (χ1) is 11.3. The molecule has 0 saturated carbocycles. The molecule has 2 rings (SSSR count). The van der Waals surface area contributed by atoms with E-state index in [0.717, 1.165) is 30.6 Å². The normalized spacial score (nSPS) is 15.5. The SMILES string of the molecule is CCCCC(=O)C[S+]1CCSCC1.Cc1ccc(S(=O)(=O)[O-])cc1. The van der Waals surface area contributed by atoms with Crippen LogP contribution in [0.15, 0.2) is 29.2 Å². The quantitative estimate of drug-likeness (QED) is 0.551. The van der Waals surface area contributed by atoms with Crippen molar-refractivity contribution in [1.82, 2.24) is 0 Å². The number of rotatable bonds is 6. The first kappa shape index (κ1) is 21.5. The van der Waals surface area contributed by atoms with Crippen LogP contribution < -0.4 is 0 Å². The molecule has 1 aromatic rings. The number of hydrogen-bond acceptors (Lipinski definition) is 5.